The summed E-state index contributed by atoms with van der Waals surface area (Å²) in [6.07, 6.45) is 6.58. The number of piperidine rings is 1. The van der Waals surface area contributed by atoms with Crippen LogP contribution in [-0.2, 0) is 4.74 Å². The molecular weight excluding hydrogens is 354 g/mol. The Balaban J connectivity index is 1.84. The van der Waals surface area contributed by atoms with Gasteiger partial charge in [-0.3, -0.25) is 4.99 Å². The summed E-state index contributed by atoms with van der Waals surface area (Å²) in [6.45, 7) is 13.6. The lowest BCUT2D eigenvalue weighted by atomic mass is 10.1. The second-order valence-corrected chi connectivity index (χ2v) is 9.04. The number of hydrogen-bond acceptors (Lipinski definition) is 4. The molecule has 1 aliphatic carbocycles. The van der Waals surface area contributed by atoms with Gasteiger partial charge in [-0.25, -0.2) is 4.79 Å². The SMILES string of the molecule is CCCC(CN=C(NCC)NC1CCN(C2CC2)CC1)NC(=O)OC(C)(C)C. The molecular formula is C21H41N5O2. The Hall–Kier alpha value is -1.50. The molecule has 2 fully saturated rings. The van der Waals surface area contributed by atoms with Gasteiger partial charge in [-0.05, 0) is 59.8 Å². The first-order valence-electron chi connectivity index (χ1n) is 11.1. The number of guanidine groups is 1. The fraction of sp³-hybridized carbons (Fsp3) is 0.905. The van der Waals surface area contributed by atoms with Crippen molar-refractivity contribution >= 4 is 12.1 Å². The molecule has 0 radical (unpaired) electrons. The minimum atomic E-state index is -0.490. The van der Waals surface area contributed by atoms with E-state index in [9.17, 15) is 4.79 Å². The van der Waals surface area contributed by atoms with Crippen LogP contribution in [0.15, 0.2) is 4.99 Å². The monoisotopic (exact) mass is 395 g/mol. The molecule has 2 aliphatic rings. The lowest BCUT2D eigenvalue weighted by molar-refractivity contribution is 0.0503. The van der Waals surface area contributed by atoms with Crippen molar-refractivity contribution in [1.82, 2.24) is 20.9 Å². The number of likely N-dealkylation sites (tertiary alicyclic amines) is 1. The molecule has 28 heavy (non-hydrogen) atoms. The third kappa shape index (κ3) is 8.67. The fourth-order valence-electron chi connectivity index (χ4n) is 3.60. The standard InChI is InChI=1S/C21H41N5O2/c1-6-8-17(25-20(27)28-21(3,4)5)15-23-19(22-7-2)24-16-11-13-26(14-12-16)18-9-10-18/h16-18H,6-15H2,1-5H3,(H,25,27)(H2,22,23,24). The van der Waals surface area contributed by atoms with Gasteiger partial charge >= 0.3 is 6.09 Å². The zero-order valence-corrected chi connectivity index (χ0v) is 18.5. The van der Waals surface area contributed by atoms with Gasteiger partial charge in [-0.15, -0.1) is 0 Å². The van der Waals surface area contributed by atoms with E-state index in [1.54, 1.807) is 0 Å². The largest absolute Gasteiger partial charge is 0.444 e. The number of aliphatic imine (C=N–C) groups is 1. The van der Waals surface area contributed by atoms with Crippen molar-refractivity contribution in [3.63, 3.8) is 0 Å². The Morgan fingerprint density at radius 1 is 1.18 bits per heavy atom. The second-order valence-electron chi connectivity index (χ2n) is 9.04. The topological polar surface area (TPSA) is 78.0 Å². The Labute approximate surface area is 171 Å². The smallest absolute Gasteiger partial charge is 0.407 e. The first-order chi connectivity index (χ1) is 13.3. The Morgan fingerprint density at radius 2 is 1.86 bits per heavy atom. The highest BCUT2D eigenvalue weighted by Gasteiger charge is 2.32. The quantitative estimate of drug-likeness (QED) is 0.435. The summed E-state index contributed by atoms with van der Waals surface area (Å²) in [5.74, 6) is 0.847. The molecule has 7 heteroatoms. The number of ether oxygens (including phenoxy) is 1. The number of carbonyl (C=O) groups excluding carboxylic acids is 1. The van der Waals surface area contributed by atoms with Gasteiger partial charge in [0.15, 0.2) is 5.96 Å². The van der Waals surface area contributed by atoms with Gasteiger partial charge in [0.05, 0.1) is 12.6 Å². The first kappa shape index (κ1) is 22.8. The molecule has 1 heterocycles. The van der Waals surface area contributed by atoms with E-state index in [4.69, 9.17) is 9.73 Å². The molecule has 1 saturated carbocycles. The third-order valence-corrected chi connectivity index (χ3v) is 5.11. The van der Waals surface area contributed by atoms with Gasteiger partial charge in [0, 0.05) is 31.7 Å². The minimum Gasteiger partial charge on any atom is -0.444 e. The minimum absolute atomic E-state index is 0.0213. The summed E-state index contributed by atoms with van der Waals surface area (Å²) in [7, 11) is 0. The van der Waals surface area contributed by atoms with Crippen molar-refractivity contribution in [3.05, 3.63) is 0 Å². The zero-order valence-electron chi connectivity index (χ0n) is 18.5. The number of nitrogens with one attached hydrogen (secondary N) is 3. The molecule has 1 unspecified atom stereocenters. The number of hydrogen-bond donors (Lipinski definition) is 3. The van der Waals surface area contributed by atoms with E-state index in [0.717, 1.165) is 44.2 Å². The Morgan fingerprint density at radius 3 is 2.39 bits per heavy atom. The molecule has 0 aromatic heterocycles. The summed E-state index contributed by atoms with van der Waals surface area (Å²) in [6, 6.07) is 1.31. The maximum atomic E-state index is 12.1. The van der Waals surface area contributed by atoms with E-state index in [0.29, 0.717) is 12.6 Å². The van der Waals surface area contributed by atoms with Gasteiger partial charge in [-0.1, -0.05) is 13.3 Å². The molecule has 7 nitrogen and oxygen atoms in total. The lowest BCUT2D eigenvalue weighted by Gasteiger charge is -2.33. The summed E-state index contributed by atoms with van der Waals surface area (Å²) < 4.78 is 5.39. The van der Waals surface area contributed by atoms with Crippen LogP contribution in [0, 0.1) is 0 Å². The Bertz CT molecular complexity index is 505. The van der Waals surface area contributed by atoms with Crippen molar-refractivity contribution in [2.75, 3.05) is 26.2 Å². The van der Waals surface area contributed by atoms with Crippen molar-refractivity contribution < 1.29 is 9.53 Å². The zero-order chi connectivity index (χ0) is 20.6. The summed E-state index contributed by atoms with van der Waals surface area (Å²) >= 11 is 0. The van der Waals surface area contributed by atoms with E-state index in [1.807, 2.05) is 20.8 Å². The van der Waals surface area contributed by atoms with E-state index in [1.165, 1.54) is 25.9 Å². The molecule has 162 valence electrons. The van der Waals surface area contributed by atoms with E-state index < -0.39 is 5.60 Å². The van der Waals surface area contributed by atoms with Gasteiger partial charge in [0.25, 0.3) is 0 Å². The summed E-state index contributed by atoms with van der Waals surface area (Å²) in [4.78, 5) is 19.5. The van der Waals surface area contributed by atoms with Crippen LogP contribution in [0.2, 0.25) is 0 Å². The molecule has 1 saturated heterocycles. The summed E-state index contributed by atoms with van der Waals surface area (Å²) in [5, 5.41) is 9.91. The van der Waals surface area contributed by atoms with Gasteiger partial charge in [0.1, 0.15) is 5.60 Å². The number of amides is 1. The normalized spacial score (nSPS) is 20.5. The van der Waals surface area contributed by atoms with Crippen molar-refractivity contribution in [2.45, 2.75) is 96.9 Å². The first-order valence-corrected chi connectivity index (χ1v) is 11.1. The molecule has 3 N–H and O–H groups in total. The van der Waals surface area contributed by atoms with Crippen LogP contribution in [0.3, 0.4) is 0 Å². The predicted molar refractivity (Wildman–Crippen MR) is 115 cm³/mol. The van der Waals surface area contributed by atoms with Gasteiger partial charge in [-0.2, -0.15) is 0 Å². The predicted octanol–water partition coefficient (Wildman–Crippen LogP) is 2.86. The molecule has 0 spiro atoms. The molecule has 0 bridgehead atoms. The highest BCUT2D eigenvalue weighted by Crippen LogP contribution is 2.29. The van der Waals surface area contributed by atoms with Gasteiger partial charge in [0.2, 0.25) is 0 Å². The van der Waals surface area contributed by atoms with Gasteiger partial charge < -0.3 is 25.6 Å². The van der Waals surface area contributed by atoms with Crippen molar-refractivity contribution in [2.24, 2.45) is 4.99 Å². The van der Waals surface area contributed by atoms with E-state index in [2.05, 4.69) is 34.7 Å². The van der Waals surface area contributed by atoms with E-state index in [-0.39, 0.29) is 12.1 Å². The Kier molecular flexibility index (Phi) is 8.86. The second kappa shape index (κ2) is 10.9. The molecule has 0 aromatic carbocycles. The van der Waals surface area contributed by atoms with Crippen LogP contribution in [0.5, 0.6) is 0 Å². The van der Waals surface area contributed by atoms with Crippen molar-refractivity contribution in [3.8, 4) is 0 Å². The highest BCUT2D eigenvalue weighted by atomic mass is 16.6. The average Bonchev–Trinajstić information content (AvgIpc) is 3.44. The molecule has 2 rings (SSSR count). The lowest BCUT2D eigenvalue weighted by Crippen LogP contribution is -2.49. The molecule has 1 atom stereocenters. The van der Waals surface area contributed by atoms with E-state index >= 15 is 0 Å². The summed E-state index contributed by atoms with van der Waals surface area (Å²) in [5.41, 5.74) is -0.490. The number of carbonyl (C=O) groups is 1. The fourth-order valence-corrected chi connectivity index (χ4v) is 3.60. The van der Waals surface area contributed by atoms with Crippen LogP contribution in [-0.4, -0.2) is 66.9 Å². The van der Waals surface area contributed by atoms with Crippen LogP contribution in [0.4, 0.5) is 4.79 Å². The highest BCUT2D eigenvalue weighted by molar-refractivity contribution is 5.80. The average molecular weight is 396 g/mol. The molecule has 0 aromatic rings. The number of nitrogens with zero attached hydrogens (tertiary/aromatic N) is 2. The van der Waals surface area contributed by atoms with Crippen LogP contribution >= 0.6 is 0 Å². The maximum absolute atomic E-state index is 12.1. The number of alkyl carbamates (subject to hydrolysis) is 1. The number of rotatable bonds is 8. The third-order valence-electron chi connectivity index (χ3n) is 5.11. The van der Waals surface area contributed by atoms with Crippen LogP contribution in [0.1, 0.15) is 73.1 Å². The maximum Gasteiger partial charge on any atom is 0.407 e. The molecule has 1 aliphatic heterocycles. The van der Waals surface area contributed by atoms with Crippen LogP contribution < -0.4 is 16.0 Å². The van der Waals surface area contributed by atoms with Crippen molar-refractivity contribution in [1.29, 1.82) is 0 Å². The molecule has 1 amide bonds. The van der Waals surface area contributed by atoms with Crippen LogP contribution in [0.25, 0.3) is 0 Å².